The van der Waals surface area contributed by atoms with Gasteiger partial charge in [0.1, 0.15) is 29.6 Å². The van der Waals surface area contributed by atoms with E-state index in [9.17, 15) is 14.8 Å². The van der Waals surface area contributed by atoms with Crippen LogP contribution in [-0.4, -0.2) is 94.0 Å². The van der Waals surface area contributed by atoms with E-state index in [2.05, 4.69) is 24.9 Å². The molecule has 4 aromatic heterocycles. The van der Waals surface area contributed by atoms with Crippen LogP contribution in [0, 0.1) is 0 Å². The van der Waals surface area contributed by atoms with Gasteiger partial charge in [0.15, 0.2) is 35.8 Å². The Morgan fingerprint density at radius 2 is 2.07 bits per heavy atom. The van der Waals surface area contributed by atoms with Gasteiger partial charge in [-0.1, -0.05) is 0 Å². The number of alkyl halides is 1. The molecule has 0 spiro atoms. The number of halogens is 1. The molecule has 43 heavy (non-hydrogen) atoms. The first kappa shape index (κ1) is 30.0. The Hall–Kier alpha value is -3.09. The molecule has 7 N–H and O–H groups in total. The molecule has 2 fully saturated rings. The summed E-state index contributed by atoms with van der Waals surface area (Å²) in [5, 5.41) is 10.3. The summed E-state index contributed by atoms with van der Waals surface area (Å²) in [7, 11) is 1.55. The second-order valence-corrected chi connectivity index (χ2v) is 14.4. The number of nitrogens with zero attached hydrogens (tertiary/aromatic N) is 6. The summed E-state index contributed by atoms with van der Waals surface area (Å²) in [5.41, 5.74) is 6.87. The zero-order valence-electron chi connectivity index (χ0n) is 23.2. The number of methoxy groups -OCH3 is 1. The van der Waals surface area contributed by atoms with Crippen LogP contribution in [0.1, 0.15) is 32.2 Å². The van der Waals surface area contributed by atoms with Crippen molar-refractivity contribution in [1.82, 2.24) is 34.1 Å². The summed E-state index contributed by atoms with van der Waals surface area (Å²) in [6.07, 6.45) is 1.97. The first-order valence-electron chi connectivity index (χ1n) is 13.3. The number of anilines is 2. The number of aliphatic hydroxyl groups is 1. The van der Waals surface area contributed by atoms with Gasteiger partial charge in [-0.3, -0.25) is 14.3 Å². The third kappa shape index (κ3) is 5.10. The number of ether oxygens (including phenoxy) is 3. The molecule has 16 nitrogen and oxygen atoms in total. The molecule has 0 radical (unpaired) electrons. The zero-order valence-corrected chi connectivity index (χ0v) is 24.9. The second-order valence-electron chi connectivity index (χ2n) is 10.9. The molecule has 6 rings (SSSR count). The Morgan fingerprint density at radius 1 is 1.28 bits per heavy atom. The number of aliphatic hydroxyl groups excluding tert-OH is 1. The number of fused-ring (bicyclic) bond motifs is 2. The summed E-state index contributed by atoms with van der Waals surface area (Å²) < 4.78 is 43.4. The van der Waals surface area contributed by atoms with E-state index in [1.807, 2.05) is 0 Å². The molecular weight excluding hydrogens is 608 g/mol. The van der Waals surface area contributed by atoms with Gasteiger partial charge in [0.2, 0.25) is 5.95 Å². The Labute approximate surface area is 248 Å². The van der Waals surface area contributed by atoms with Crippen molar-refractivity contribution in [2.24, 2.45) is 0 Å². The van der Waals surface area contributed by atoms with Crippen molar-refractivity contribution in [3.63, 3.8) is 0 Å². The van der Waals surface area contributed by atoms with E-state index < -0.39 is 60.8 Å². The molecule has 0 saturated carbocycles. The van der Waals surface area contributed by atoms with Gasteiger partial charge in [-0.2, -0.15) is 4.98 Å². The maximum atomic E-state index is 16.4. The lowest BCUT2D eigenvalue weighted by Gasteiger charge is -2.35. The SMILES string of the molecule is CO[C@@H]1C[C@](C)(COP(O)(=S)[C@H]2[C@H](n3cnc4c(=O)[nH]c(N)nc43)OC[C@@]2(F)CCO)O[C@H]1n1ccc2c(N)ncnc21. The second kappa shape index (κ2) is 10.8. The fraction of sp³-hybridized carbons (Fsp3) is 0.542. The molecule has 1 unspecified atom stereocenters. The van der Waals surface area contributed by atoms with Gasteiger partial charge < -0.3 is 44.8 Å². The fourth-order valence-corrected chi connectivity index (χ4v) is 8.85. The van der Waals surface area contributed by atoms with E-state index in [4.69, 9.17) is 42.0 Å². The largest absolute Gasteiger partial charge is 0.396 e. The van der Waals surface area contributed by atoms with Crippen LogP contribution in [0.25, 0.3) is 22.2 Å². The van der Waals surface area contributed by atoms with Crippen LogP contribution < -0.4 is 17.0 Å². The van der Waals surface area contributed by atoms with Gasteiger partial charge in [-0.05, 0) is 24.8 Å². The number of H-pyrrole nitrogens is 1. The summed E-state index contributed by atoms with van der Waals surface area (Å²) in [5.74, 6) is 0.135. The highest BCUT2D eigenvalue weighted by atomic mass is 32.5. The summed E-state index contributed by atoms with van der Waals surface area (Å²) in [4.78, 5) is 42.9. The Bertz CT molecular complexity index is 1790. The number of nitrogens with one attached hydrogen (secondary N) is 1. The molecule has 2 saturated heterocycles. The quantitative estimate of drug-likeness (QED) is 0.159. The lowest BCUT2D eigenvalue weighted by Crippen LogP contribution is -2.41. The van der Waals surface area contributed by atoms with E-state index in [-0.39, 0.29) is 30.1 Å². The number of imidazole rings is 1. The number of hydrogen-bond donors (Lipinski definition) is 5. The predicted molar refractivity (Wildman–Crippen MR) is 155 cm³/mol. The number of rotatable bonds is 9. The van der Waals surface area contributed by atoms with Crippen molar-refractivity contribution in [3.05, 3.63) is 35.3 Å². The smallest absolute Gasteiger partial charge is 0.280 e. The van der Waals surface area contributed by atoms with Crippen LogP contribution in [0.5, 0.6) is 0 Å². The molecule has 7 atom stereocenters. The van der Waals surface area contributed by atoms with Gasteiger partial charge in [0, 0.05) is 32.8 Å². The molecule has 0 amide bonds. The highest BCUT2D eigenvalue weighted by molar-refractivity contribution is 8.09. The molecular formula is C24H31FN9O7PS. The van der Waals surface area contributed by atoms with Crippen molar-refractivity contribution in [1.29, 1.82) is 0 Å². The van der Waals surface area contributed by atoms with E-state index in [1.165, 1.54) is 17.2 Å². The monoisotopic (exact) mass is 639 g/mol. The first-order chi connectivity index (χ1) is 20.4. The van der Waals surface area contributed by atoms with Crippen molar-refractivity contribution in [2.75, 3.05) is 38.4 Å². The van der Waals surface area contributed by atoms with Crippen molar-refractivity contribution >= 4 is 52.3 Å². The highest BCUT2D eigenvalue weighted by Gasteiger charge is 2.59. The fourth-order valence-electron chi connectivity index (χ4n) is 5.85. The number of aromatic nitrogens is 7. The average molecular weight is 640 g/mol. The van der Waals surface area contributed by atoms with E-state index in [0.29, 0.717) is 23.3 Å². The number of nitrogens with two attached hydrogens (primary N) is 2. The van der Waals surface area contributed by atoms with Crippen LogP contribution in [0.3, 0.4) is 0 Å². The first-order valence-corrected chi connectivity index (χ1v) is 16.0. The van der Waals surface area contributed by atoms with Crippen LogP contribution in [0.15, 0.2) is 29.7 Å². The normalized spacial score (nSPS) is 30.8. The summed E-state index contributed by atoms with van der Waals surface area (Å²) in [6.45, 7) is -3.57. The Kier molecular flexibility index (Phi) is 7.53. The third-order valence-corrected chi connectivity index (χ3v) is 10.8. The zero-order chi connectivity index (χ0) is 30.7. The van der Waals surface area contributed by atoms with Gasteiger partial charge in [-0.25, -0.2) is 19.3 Å². The minimum absolute atomic E-state index is 0.0137. The van der Waals surface area contributed by atoms with Crippen molar-refractivity contribution in [3.8, 4) is 0 Å². The molecule has 2 aliphatic heterocycles. The number of aromatic amines is 1. The van der Waals surface area contributed by atoms with Gasteiger partial charge in [0.25, 0.3) is 5.56 Å². The molecule has 0 aromatic carbocycles. The average Bonchev–Trinajstić information content (AvgIpc) is 3.71. The molecule has 0 bridgehead atoms. The number of hydrogen-bond acceptors (Lipinski definition) is 13. The van der Waals surface area contributed by atoms with Crippen molar-refractivity contribution < 1.29 is 33.1 Å². The topological polar surface area (TPSA) is 224 Å². The van der Waals surface area contributed by atoms with Crippen LogP contribution >= 0.6 is 6.49 Å². The highest BCUT2D eigenvalue weighted by Crippen LogP contribution is 2.62. The maximum absolute atomic E-state index is 16.4. The van der Waals surface area contributed by atoms with Crippen LogP contribution in [0.2, 0.25) is 0 Å². The lowest BCUT2D eigenvalue weighted by molar-refractivity contribution is -0.0983. The minimum atomic E-state index is -4.08. The summed E-state index contributed by atoms with van der Waals surface area (Å²) in [6, 6.07) is 1.78. The van der Waals surface area contributed by atoms with Crippen LogP contribution in [0.4, 0.5) is 16.2 Å². The standard InChI is InChI=1S/C24H31FN9O7PS/c1-23(7-13(38-2)20(41-23)33-5-3-12-16(26)28-10-29-17(12)33)8-40-42(37,43)15-21(39-9-24(15,25)4-6-35)34-11-30-14-18(34)31-22(27)32-19(14)36/h3,5,10-11,13,15,20-21,35H,4,6-9H2,1-2H3,(H,37,43)(H2,26,28,29)(H3,27,31,32,36)/t13-,15+,20-,21-,23-,24+,42?/m1/s1. The molecule has 2 aliphatic rings. The van der Waals surface area contributed by atoms with Gasteiger partial charge in [-0.15, -0.1) is 0 Å². The van der Waals surface area contributed by atoms with Gasteiger partial charge in [0.05, 0.1) is 30.5 Å². The lowest BCUT2D eigenvalue weighted by atomic mass is 10.00. The van der Waals surface area contributed by atoms with E-state index >= 15 is 4.39 Å². The van der Waals surface area contributed by atoms with Crippen LogP contribution in [-0.2, 0) is 30.5 Å². The third-order valence-electron chi connectivity index (χ3n) is 7.93. The number of nitrogen functional groups attached to an aromatic ring is 2. The summed E-state index contributed by atoms with van der Waals surface area (Å²) >= 11 is 5.59. The van der Waals surface area contributed by atoms with E-state index in [0.717, 1.165) is 0 Å². The predicted octanol–water partition coefficient (Wildman–Crippen LogP) is 0.728. The van der Waals surface area contributed by atoms with Crippen molar-refractivity contribution in [2.45, 2.75) is 55.3 Å². The minimum Gasteiger partial charge on any atom is -0.396 e. The molecule has 6 heterocycles. The maximum Gasteiger partial charge on any atom is 0.280 e. The Morgan fingerprint density at radius 3 is 2.81 bits per heavy atom. The molecule has 19 heteroatoms. The Balaban J connectivity index is 1.29. The molecule has 0 aliphatic carbocycles. The molecule has 4 aromatic rings. The van der Waals surface area contributed by atoms with Gasteiger partial charge >= 0.3 is 0 Å². The van der Waals surface area contributed by atoms with E-state index in [1.54, 1.807) is 30.9 Å². The molecule has 232 valence electrons.